The lowest BCUT2D eigenvalue weighted by atomic mass is 10.2. The minimum Gasteiger partial charge on any atom is -0.504 e. The fourth-order valence-corrected chi connectivity index (χ4v) is 2.64. The van der Waals surface area contributed by atoms with E-state index in [2.05, 4.69) is 15.0 Å². The first-order chi connectivity index (χ1) is 13.2. The molecule has 4 aromatic rings. The van der Waals surface area contributed by atoms with Crippen molar-refractivity contribution in [3.8, 4) is 23.0 Å². The summed E-state index contributed by atoms with van der Waals surface area (Å²) in [4.78, 5) is 13.0. The number of ether oxygens (including phenoxy) is 1. The second-order valence-electron chi connectivity index (χ2n) is 5.78. The van der Waals surface area contributed by atoms with Crippen LogP contribution in [0.4, 0.5) is 5.69 Å². The molecular formula is C21H17N3O3. The molecular weight excluding hydrogens is 342 g/mol. The number of hydrogen-bond donors (Lipinski definition) is 1. The van der Waals surface area contributed by atoms with Crippen LogP contribution in [-0.4, -0.2) is 27.9 Å². The molecule has 0 atom stereocenters. The third kappa shape index (κ3) is 3.50. The molecule has 0 aliphatic carbocycles. The third-order valence-corrected chi connectivity index (χ3v) is 3.96. The Morgan fingerprint density at radius 2 is 1.96 bits per heavy atom. The molecule has 4 rings (SSSR count). The Labute approximate surface area is 155 Å². The monoisotopic (exact) mass is 359 g/mol. The summed E-state index contributed by atoms with van der Waals surface area (Å²) in [7, 11) is 0. The molecule has 0 saturated carbocycles. The lowest BCUT2D eigenvalue weighted by Crippen LogP contribution is -1.93. The van der Waals surface area contributed by atoms with Gasteiger partial charge in [0, 0.05) is 23.5 Å². The van der Waals surface area contributed by atoms with Gasteiger partial charge in [-0.15, -0.1) is 0 Å². The summed E-state index contributed by atoms with van der Waals surface area (Å²) < 4.78 is 11.1. The molecule has 6 nitrogen and oxygen atoms in total. The van der Waals surface area contributed by atoms with Crippen molar-refractivity contribution in [3.63, 3.8) is 0 Å². The van der Waals surface area contributed by atoms with Crippen LogP contribution in [0.3, 0.4) is 0 Å². The van der Waals surface area contributed by atoms with Gasteiger partial charge in [0.05, 0.1) is 12.3 Å². The fourth-order valence-electron chi connectivity index (χ4n) is 2.64. The van der Waals surface area contributed by atoms with Crippen LogP contribution in [0.25, 0.3) is 22.7 Å². The van der Waals surface area contributed by atoms with E-state index in [0.717, 1.165) is 11.3 Å². The maximum atomic E-state index is 10.2. The lowest BCUT2D eigenvalue weighted by molar-refractivity contribution is 0.318. The van der Waals surface area contributed by atoms with E-state index < -0.39 is 0 Å². The van der Waals surface area contributed by atoms with Crippen LogP contribution in [0.1, 0.15) is 12.5 Å². The number of hydrogen-bond acceptors (Lipinski definition) is 6. The highest BCUT2D eigenvalue weighted by molar-refractivity contribution is 5.86. The third-order valence-electron chi connectivity index (χ3n) is 3.96. The maximum absolute atomic E-state index is 10.2. The molecule has 0 spiro atoms. The number of phenolic OH excluding ortho intramolecular Hbond substituents is 1. The summed E-state index contributed by atoms with van der Waals surface area (Å²) in [5.74, 6) is 1.04. The highest BCUT2D eigenvalue weighted by Gasteiger charge is 2.09. The predicted octanol–water partition coefficient (Wildman–Crippen LogP) is 4.74. The SMILES string of the molecule is CCOc1cccc(C=Nc2ccc(-c3nc4ncccc4o3)cc2)c1O. The van der Waals surface area contributed by atoms with Gasteiger partial charge in [0.2, 0.25) is 5.89 Å². The van der Waals surface area contributed by atoms with Gasteiger partial charge in [-0.1, -0.05) is 6.07 Å². The van der Waals surface area contributed by atoms with Gasteiger partial charge >= 0.3 is 0 Å². The minimum absolute atomic E-state index is 0.0821. The van der Waals surface area contributed by atoms with E-state index in [4.69, 9.17) is 9.15 Å². The van der Waals surface area contributed by atoms with E-state index in [1.165, 1.54) is 0 Å². The van der Waals surface area contributed by atoms with Gasteiger partial charge in [-0.25, -0.2) is 4.98 Å². The van der Waals surface area contributed by atoms with Crippen LogP contribution in [0.5, 0.6) is 11.5 Å². The number of aromatic nitrogens is 2. The van der Waals surface area contributed by atoms with E-state index >= 15 is 0 Å². The Hall–Kier alpha value is -3.67. The molecule has 0 aliphatic heterocycles. The number of benzene rings is 2. The van der Waals surface area contributed by atoms with Gasteiger partial charge in [-0.05, 0) is 55.5 Å². The number of para-hydroxylation sites is 1. The summed E-state index contributed by atoms with van der Waals surface area (Å²) in [6, 6.07) is 16.4. The standard InChI is InChI=1S/C21H17N3O3/c1-2-26-17-6-3-5-15(19(17)25)13-23-16-10-8-14(9-11-16)21-24-20-18(27-21)7-4-12-22-20/h3-13,25H,2H2,1H3. The molecule has 0 aliphatic rings. The van der Waals surface area contributed by atoms with Gasteiger partial charge in [-0.2, -0.15) is 4.98 Å². The maximum Gasteiger partial charge on any atom is 0.228 e. The molecule has 134 valence electrons. The summed E-state index contributed by atoms with van der Waals surface area (Å²) in [5, 5.41) is 10.2. The van der Waals surface area contributed by atoms with Gasteiger partial charge in [-0.3, -0.25) is 4.99 Å². The highest BCUT2D eigenvalue weighted by atomic mass is 16.5. The summed E-state index contributed by atoms with van der Waals surface area (Å²) in [6.07, 6.45) is 3.29. The summed E-state index contributed by atoms with van der Waals surface area (Å²) in [5.41, 5.74) is 3.41. The Bertz CT molecular complexity index is 1070. The highest BCUT2D eigenvalue weighted by Crippen LogP contribution is 2.29. The molecule has 6 heteroatoms. The molecule has 1 N–H and O–H groups in total. The van der Waals surface area contributed by atoms with Crippen molar-refractivity contribution < 1.29 is 14.3 Å². The van der Waals surface area contributed by atoms with Crippen molar-refractivity contribution in [1.29, 1.82) is 0 Å². The number of phenols is 1. The first-order valence-electron chi connectivity index (χ1n) is 8.55. The minimum atomic E-state index is 0.0821. The number of rotatable bonds is 5. The first kappa shape index (κ1) is 16.8. The summed E-state index contributed by atoms with van der Waals surface area (Å²) in [6.45, 7) is 2.36. The molecule has 27 heavy (non-hydrogen) atoms. The molecule has 0 unspecified atom stereocenters. The van der Waals surface area contributed by atoms with Gasteiger partial charge in [0.1, 0.15) is 0 Å². The molecule has 2 aromatic carbocycles. The van der Waals surface area contributed by atoms with Gasteiger partial charge in [0.25, 0.3) is 0 Å². The number of aromatic hydroxyl groups is 1. The Kier molecular flexibility index (Phi) is 4.53. The van der Waals surface area contributed by atoms with E-state index in [9.17, 15) is 5.11 Å². The number of fused-ring (bicyclic) bond motifs is 1. The van der Waals surface area contributed by atoms with Crippen molar-refractivity contribution in [2.45, 2.75) is 6.92 Å². The van der Waals surface area contributed by atoms with Crippen LogP contribution >= 0.6 is 0 Å². The molecule has 0 bridgehead atoms. The molecule has 0 amide bonds. The zero-order valence-corrected chi connectivity index (χ0v) is 14.7. The average Bonchev–Trinajstić information content (AvgIpc) is 3.13. The number of oxazole rings is 1. The summed E-state index contributed by atoms with van der Waals surface area (Å²) >= 11 is 0. The second kappa shape index (κ2) is 7.29. The molecule has 0 fully saturated rings. The Balaban J connectivity index is 1.56. The van der Waals surface area contributed by atoms with Crippen LogP contribution in [0, 0.1) is 0 Å². The van der Waals surface area contributed by atoms with E-state index in [1.54, 1.807) is 24.5 Å². The molecule has 0 radical (unpaired) electrons. The van der Waals surface area contributed by atoms with Crippen molar-refractivity contribution in [3.05, 3.63) is 66.4 Å². The smallest absolute Gasteiger partial charge is 0.228 e. The largest absolute Gasteiger partial charge is 0.504 e. The van der Waals surface area contributed by atoms with E-state index in [-0.39, 0.29) is 5.75 Å². The van der Waals surface area contributed by atoms with Crippen molar-refractivity contribution in [1.82, 2.24) is 9.97 Å². The van der Waals surface area contributed by atoms with E-state index in [0.29, 0.717) is 35.0 Å². The van der Waals surface area contributed by atoms with E-state index in [1.807, 2.05) is 49.4 Å². The quantitative estimate of drug-likeness (QED) is 0.520. The molecule has 0 saturated heterocycles. The lowest BCUT2D eigenvalue weighted by Gasteiger charge is -2.07. The zero-order chi connectivity index (χ0) is 18.6. The van der Waals surface area contributed by atoms with Crippen LogP contribution in [0.15, 0.2) is 70.2 Å². The van der Waals surface area contributed by atoms with Gasteiger partial charge in [0.15, 0.2) is 22.7 Å². The normalized spacial score (nSPS) is 11.3. The average molecular weight is 359 g/mol. The fraction of sp³-hybridized carbons (Fsp3) is 0.0952. The topological polar surface area (TPSA) is 80.7 Å². The van der Waals surface area contributed by atoms with Gasteiger partial charge < -0.3 is 14.3 Å². The molecule has 2 aromatic heterocycles. The van der Waals surface area contributed by atoms with Crippen molar-refractivity contribution in [2.24, 2.45) is 4.99 Å². The number of pyridine rings is 1. The predicted molar refractivity (Wildman–Crippen MR) is 104 cm³/mol. The van der Waals surface area contributed by atoms with Crippen LogP contribution in [0.2, 0.25) is 0 Å². The first-order valence-corrected chi connectivity index (χ1v) is 8.55. The zero-order valence-electron chi connectivity index (χ0n) is 14.7. The van der Waals surface area contributed by atoms with Crippen molar-refractivity contribution in [2.75, 3.05) is 6.61 Å². The second-order valence-corrected chi connectivity index (χ2v) is 5.78. The van der Waals surface area contributed by atoms with Crippen molar-refractivity contribution >= 4 is 23.1 Å². The van der Waals surface area contributed by atoms with Crippen LogP contribution < -0.4 is 4.74 Å². The number of aliphatic imine (C=N–C) groups is 1. The molecule has 2 heterocycles. The Morgan fingerprint density at radius 3 is 2.74 bits per heavy atom. The van der Waals surface area contributed by atoms with Crippen LogP contribution in [-0.2, 0) is 0 Å². The Morgan fingerprint density at radius 1 is 1.11 bits per heavy atom. The number of nitrogens with zero attached hydrogens (tertiary/aromatic N) is 3.